The lowest BCUT2D eigenvalue weighted by molar-refractivity contribution is -0.147. The Morgan fingerprint density at radius 3 is 2.47 bits per heavy atom. The van der Waals surface area contributed by atoms with Crippen molar-refractivity contribution < 1.29 is 27.5 Å². The number of piperidine rings is 1. The number of benzene rings is 1. The molecule has 0 spiro atoms. The third-order valence-corrected chi connectivity index (χ3v) is 6.10. The van der Waals surface area contributed by atoms with Crippen molar-refractivity contribution in [1.29, 1.82) is 0 Å². The molecule has 3 rings (SSSR count). The van der Waals surface area contributed by atoms with Crippen LogP contribution < -0.4 is 5.32 Å². The zero-order chi connectivity index (χ0) is 21.9. The number of nitrogens with zero attached hydrogens (tertiary/aromatic N) is 2. The summed E-state index contributed by atoms with van der Waals surface area (Å²) in [5.74, 6) is -1.15. The van der Waals surface area contributed by atoms with E-state index in [4.69, 9.17) is 4.74 Å². The van der Waals surface area contributed by atoms with Gasteiger partial charge in [0.15, 0.2) is 0 Å². The molecule has 0 unspecified atom stereocenters. The summed E-state index contributed by atoms with van der Waals surface area (Å²) >= 11 is 0. The number of ether oxygens (including phenoxy) is 1. The molecule has 2 saturated heterocycles. The van der Waals surface area contributed by atoms with E-state index in [0.29, 0.717) is 13.0 Å². The Morgan fingerprint density at radius 2 is 1.87 bits per heavy atom. The summed E-state index contributed by atoms with van der Waals surface area (Å²) in [4.78, 5) is 29.4. The van der Waals surface area contributed by atoms with Gasteiger partial charge < -0.3 is 15.0 Å². The van der Waals surface area contributed by atoms with Crippen LogP contribution in [0.5, 0.6) is 0 Å². The molecule has 2 fully saturated rings. The predicted molar refractivity (Wildman–Crippen MR) is 105 cm³/mol. The van der Waals surface area contributed by atoms with Crippen LogP contribution in [0.3, 0.4) is 0 Å². The highest BCUT2D eigenvalue weighted by atomic mass is 19.4. The van der Waals surface area contributed by atoms with E-state index >= 15 is 0 Å². The van der Waals surface area contributed by atoms with Gasteiger partial charge >= 0.3 is 12.1 Å². The molecule has 9 heteroatoms. The number of methoxy groups -OCH3 is 1. The highest BCUT2D eigenvalue weighted by molar-refractivity contribution is 5.96. The van der Waals surface area contributed by atoms with Crippen molar-refractivity contribution >= 4 is 11.9 Å². The zero-order valence-corrected chi connectivity index (χ0v) is 17.2. The molecule has 2 aliphatic rings. The Morgan fingerprint density at radius 1 is 1.20 bits per heavy atom. The van der Waals surface area contributed by atoms with Crippen LogP contribution in [0.4, 0.5) is 13.2 Å². The normalized spacial score (nSPS) is 24.0. The number of hydrogen-bond acceptors (Lipinski definition) is 5. The minimum atomic E-state index is -4.61. The number of likely N-dealkylation sites (tertiary alicyclic amines) is 2. The number of esters is 1. The smallest absolute Gasteiger partial charge is 0.417 e. The minimum Gasteiger partial charge on any atom is -0.468 e. The molecule has 0 radical (unpaired) electrons. The molecular weight excluding hydrogens is 399 g/mol. The Hall–Kier alpha value is -2.13. The second-order valence-corrected chi connectivity index (χ2v) is 7.85. The Kier molecular flexibility index (Phi) is 7.02. The largest absolute Gasteiger partial charge is 0.468 e. The Labute approximate surface area is 174 Å². The molecule has 1 aromatic rings. The van der Waals surface area contributed by atoms with Crippen LogP contribution in [0.15, 0.2) is 24.3 Å². The molecular formula is C21H28F3N3O3. The maximum Gasteiger partial charge on any atom is 0.417 e. The third kappa shape index (κ3) is 4.95. The van der Waals surface area contributed by atoms with E-state index in [1.165, 1.54) is 25.3 Å². The molecule has 0 aliphatic carbocycles. The van der Waals surface area contributed by atoms with Crippen LogP contribution in [0, 0.1) is 0 Å². The summed E-state index contributed by atoms with van der Waals surface area (Å²) in [6.45, 7) is 5.36. The summed E-state index contributed by atoms with van der Waals surface area (Å²) in [6, 6.07) is 3.98. The van der Waals surface area contributed by atoms with Gasteiger partial charge in [-0.3, -0.25) is 14.5 Å². The fourth-order valence-corrected chi connectivity index (χ4v) is 4.50. The van der Waals surface area contributed by atoms with Crippen molar-refractivity contribution in [3.63, 3.8) is 0 Å². The number of alkyl halides is 3. The standard InChI is InChI=1S/C21H28F3N3O3/c1-3-26-10-8-15(9-11-26)27-13-14(12-18(27)20(29)30-2)25-19(28)16-6-4-5-7-17(16)21(22,23)24/h4-7,14-15,18H,3,8-13H2,1-2H3,(H,25,28)/t14-,18+/m1/s1. The van der Waals surface area contributed by atoms with Crippen molar-refractivity contribution in [1.82, 2.24) is 15.1 Å². The lowest BCUT2D eigenvalue weighted by atomic mass is 10.0. The first-order chi connectivity index (χ1) is 14.2. The molecule has 0 saturated carbocycles. The van der Waals surface area contributed by atoms with Crippen LogP contribution in [0.1, 0.15) is 42.1 Å². The van der Waals surface area contributed by atoms with Crippen LogP contribution in [0.2, 0.25) is 0 Å². The molecule has 2 heterocycles. The van der Waals surface area contributed by atoms with Gasteiger partial charge in [-0.15, -0.1) is 0 Å². The van der Waals surface area contributed by atoms with E-state index in [-0.39, 0.29) is 12.0 Å². The minimum absolute atomic E-state index is 0.182. The molecule has 2 atom stereocenters. The second-order valence-electron chi connectivity index (χ2n) is 7.85. The Balaban J connectivity index is 1.72. The fourth-order valence-electron chi connectivity index (χ4n) is 4.50. The molecule has 2 aliphatic heterocycles. The molecule has 6 nitrogen and oxygen atoms in total. The maximum atomic E-state index is 13.2. The van der Waals surface area contributed by atoms with Gasteiger partial charge in [0.25, 0.3) is 5.91 Å². The summed E-state index contributed by atoms with van der Waals surface area (Å²) in [7, 11) is 1.33. The van der Waals surface area contributed by atoms with Crippen molar-refractivity contribution in [2.24, 2.45) is 0 Å². The summed E-state index contributed by atoms with van der Waals surface area (Å²) in [5, 5.41) is 2.71. The van der Waals surface area contributed by atoms with Gasteiger partial charge in [0.1, 0.15) is 6.04 Å². The maximum absolute atomic E-state index is 13.2. The topological polar surface area (TPSA) is 61.9 Å². The van der Waals surface area contributed by atoms with Crippen molar-refractivity contribution in [2.45, 2.75) is 50.5 Å². The van der Waals surface area contributed by atoms with Crippen LogP contribution in [-0.4, -0.2) is 73.1 Å². The molecule has 1 N–H and O–H groups in total. The average molecular weight is 427 g/mol. The number of rotatable bonds is 5. The van der Waals surface area contributed by atoms with Gasteiger partial charge in [0.2, 0.25) is 0 Å². The monoisotopic (exact) mass is 427 g/mol. The van der Waals surface area contributed by atoms with Crippen LogP contribution >= 0.6 is 0 Å². The first-order valence-corrected chi connectivity index (χ1v) is 10.3. The highest BCUT2D eigenvalue weighted by Crippen LogP contribution is 2.32. The second kappa shape index (κ2) is 9.34. The first kappa shape index (κ1) is 22.6. The van der Waals surface area contributed by atoms with Gasteiger partial charge in [-0.1, -0.05) is 19.1 Å². The van der Waals surface area contributed by atoms with Crippen molar-refractivity contribution in [2.75, 3.05) is 33.3 Å². The first-order valence-electron chi connectivity index (χ1n) is 10.3. The summed E-state index contributed by atoms with van der Waals surface area (Å²) in [5.41, 5.74) is -1.37. The molecule has 0 aromatic heterocycles. The molecule has 1 aromatic carbocycles. The predicted octanol–water partition coefficient (Wildman–Crippen LogP) is 2.54. The van der Waals surface area contributed by atoms with Crippen LogP contribution in [0.25, 0.3) is 0 Å². The average Bonchev–Trinajstić information content (AvgIpc) is 3.16. The summed E-state index contributed by atoms with van der Waals surface area (Å²) < 4.78 is 44.7. The summed E-state index contributed by atoms with van der Waals surface area (Å²) in [6.07, 6.45) is -2.49. The number of carbonyl (C=O) groups excluding carboxylic acids is 2. The van der Waals surface area contributed by atoms with Crippen LogP contribution in [-0.2, 0) is 15.7 Å². The molecule has 1 amide bonds. The number of halogens is 3. The number of hydrogen-bond donors (Lipinski definition) is 1. The van der Waals surface area contributed by atoms with Gasteiger partial charge in [-0.2, -0.15) is 13.2 Å². The van der Waals surface area contributed by atoms with Crippen molar-refractivity contribution in [3.05, 3.63) is 35.4 Å². The molecule has 0 bridgehead atoms. The quantitative estimate of drug-likeness (QED) is 0.732. The van der Waals surface area contributed by atoms with E-state index in [9.17, 15) is 22.8 Å². The molecule has 30 heavy (non-hydrogen) atoms. The lowest BCUT2D eigenvalue weighted by Gasteiger charge is -2.38. The highest BCUT2D eigenvalue weighted by Gasteiger charge is 2.43. The van der Waals surface area contributed by atoms with E-state index in [0.717, 1.165) is 38.5 Å². The third-order valence-electron chi connectivity index (χ3n) is 6.10. The number of amides is 1. The van der Waals surface area contributed by atoms with Gasteiger partial charge in [-0.05, 0) is 51.0 Å². The van der Waals surface area contributed by atoms with E-state index in [2.05, 4.69) is 22.0 Å². The van der Waals surface area contributed by atoms with Gasteiger partial charge in [0, 0.05) is 18.6 Å². The lowest BCUT2D eigenvalue weighted by Crippen LogP contribution is -2.49. The van der Waals surface area contributed by atoms with Crippen molar-refractivity contribution in [3.8, 4) is 0 Å². The van der Waals surface area contributed by atoms with Gasteiger partial charge in [-0.25, -0.2) is 0 Å². The molecule has 166 valence electrons. The zero-order valence-electron chi connectivity index (χ0n) is 17.2. The Bertz CT molecular complexity index is 763. The SMILES string of the molecule is CCN1CCC(N2C[C@H](NC(=O)c3ccccc3C(F)(F)F)C[C@H]2C(=O)OC)CC1. The van der Waals surface area contributed by atoms with E-state index in [1.807, 2.05) is 0 Å². The number of nitrogens with one attached hydrogen (secondary N) is 1. The van der Waals surface area contributed by atoms with E-state index in [1.54, 1.807) is 0 Å². The van der Waals surface area contributed by atoms with E-state index < -0.39 is 35.3 Å². The number of carbonyl (C=O) groups is 2. The van der Waals surface area contributed by atoms with Gasteiger partial charge in [0.05, 0.1) is 18.2 Å². The fraction of sp³-hybridized carbons (Fsp3) is 0.619.